The van der Waals surface area contributed by atoms with Gasteiger partial charge in [0.1, 0.15) is 31.0 Å². The maximum absolute atomic E-state index is 15.0. The lowest BCUT2D eigenvalue weighted by atomic mass is 9.78. The van der Waals surface area contributed by atoms with E-state index >= 15 is 0 Å². The Kier molecular flexibility index (Phi) is 26.8. The molecule has 2 bridgehead atoms. The largest absolute Gasteiger partial charge is 0.460 e. The molecule has 0 spiro atoms. The highest BCUT2D eigenvalue weighted by Gasteiger charge is 2.53. The van der Waals surface area contributed by atoms with Crippen molar-refractivity contribution in [2.45, 2.75) is 206 Å². The van der Waals surface area contributed by atoms with Crippen LogP contribution >= 0.6 is 0 Å². The number of esters is 1. The van der Waals surface area contributed by atoms with Gasteiger partial charge in [0.25, 0.3) is 11.7 Å². The van der Waals surface area contributed by atoms with Crippen molar-refractivity contribution in [3.8, 4) is 12.3 Å². The smallest absolute Gasteiger partial charge is 0.329 e. The van der Waals surface area contributed by atoms with E-state index in [9.17, 15) is 29.4 Å². The van der Waals surface area contributed by atoms with Crippen molar-refractivity contribution in [2.75, 3.05) is 34.5 Å². The quantitative estimate of drug-likeness (QED) is 0.0448. The number of ketones is 2. The van der Waals surface area contributed by atoms with Gasteiger partial charge in [-0.1, -0.05) is 107 Å². The summed E-state index contributed by atoms with van der Waals surface area (Å²) in [4.78, 5) is 65.5. The maximum atomic E-state index is 15.0. The predicted molar refractivity (Wildman–Crippen MR) is 305 cm³/mol. The Morgan fingerprint density at radius 3 is 2.34 bits per heavy atom. The van der Waals surface area contributed by atoms with Crippen LogP contribution < -0.4 is 0 Å². The molecule has 2 N–H and O–H groups in total. The summed E-state index contributed by atoms with van der Waals surface area (Å²) >= 11 is 0. The maximum Gasteiger partial charge on any atom is 0.329 e. The summed E-state index contributed by atoms with van der Waals surface area (Å²) in [6.07, 6.45) is 21.4. The average Bonchev–Trinajstić information content (AvgIpc) is 3.48. The van der Waals surface area contributed by atoms with Crippen LogP contribution in [-0.2, 0) is 59.0 Å². The Bertz CT molecular complexity index is 2300. The van der Waals surface area contributed by atoms with Crippen molar-refractivity contribution in [2.24, 2.45) is 40.7 Å². The number of methoxy groups -OCH3 is 3. The molecule has 438 valence electrons. The lowest BCUT2D eigenvalue weighted by Gasteiger charge is -2.42. The van der Waals surface area contributed by atoms with E-state index in [0.29, 0.717) is 69.3 Å². The van der Waals surface area contributed by atoms with E-state index in [0.717, 1.165) is 43.2 Å². The Morgan fingerprint density at radius 2 is 1.63 bits per heavy atom. The molecule has 5 rings (SSSR count). The van der Waals surface area contributed by atoms with E-state index in [1.54, 1.807) is 28.1 Å². The van der Waals surface area contributed by atoms with Gasteiger partial charge in [0, 0.05) is 71.5 Å². The minimum atomic E-state index is -2.43. The number of fused-ring (bicyclic) bond motifs is 3. The number of hydrogen-bond donors (Lipinski definition) is 2. The number of oxime groups is 1. The van der Waals surface area contributed by atoms with E-state index in [4.69, 9.17) is 44.8 Å². The van der Waals surface area contributed by atoms with Crippen LogP contribution in [0.4, 0.5) is 0 Å². The monoisotopic (exact) mass is 1100 g/mol. The van der Waals surface area contributed by atoms with Crippen LogP contribution in [0.3, 0.4) is 0 Å². The van der Waals surface area contributed by atoms with Crippen molar-refractivity contribution in [3.63, 3.8) is 0 Å². The number of amides is 1. The number of Topliss-reactive ketones (excluding diaryl/α,β-unsaturated/α-hetero) is 2. The van der Waals surface area contributed by atoms with Crippen LogP contribution in [0.25, 0.3) is 0 Å². The minimum Gasteiger partial charge on any atom is -0.460 e. The number of carbonyl (C=O) groups is 4. The van der Waals surface area contributed by atoms with Gasteiger partial charge >= 0.3 is 5.97 Å². The number of piperidine rings is 1. The third-order valence-electron chi connectivity index (χ3n) is 16.8. The van der Waals surface area contributed by atoms with Gasteiger partial charge in [-0.2, -0.15) is 0 Å². The highest BCUT2D eigenvalue weighted by atomic mass is 16.6. The third kappa shape index (κ3) is 18.9. The van der Waals surface area contributed by atoms with E-state index in [1.165, 1.54) is 12.0 Å². The number of hydrogen-bond acceptors (Lipinski definition) is 14. The Balaban J connectivity index is 1.54. The molecule has 4 aliphatic rings. The van der Waals surface area contributed by atoms with Gasteiger partial charge in [-0.05, 0) is 125 Å². The molecule has 79 heavy (non-hydrogen) atoms. The zero-order chi connectivity index (χ0) is 57.6. The highest BCUT2D eigenvalue weighted by Crippen LogP contribution is 2.38. The molecule has 0 aromatic heterocycles. The molecule has 1 amide bonds. The van der Waals surface area contributed by atoms with Crippen LogP contribution in [0.1, 0.15) is 150 Å². The van der Waals surface area contributed by atoms with Gasteiger partial charge in [-0.25, -0.2) is 4.79 Å². The summed E-state index contributed by atoms with van der Waals surface area (Å²) in [6, 6.07) is 8.50. The van der Waals surface area contributed by atoms with Crippen molar-refractivity contribution in [3.05, 3.63) is 83.5 Å². The number of benzene rings is 1. The fourth-order valence-electron chi connectivity index (χ4n) is 11.7. The number of aliphatic hydroxyl groups is 2. The molecule has 1 aromatic rings. The van der Waals surface area contributed by atoms with Crippen molar-refractivity contribution >= 4 is 29.2 Å². The standard InChI is InChI=1S/C64H94N2O13/c1-12-13-14-23-34-76-54-32-30-50(38-57(54)74-10)37-45(5)56-40-52(65-77-41-49-26-19-16-20-27-49)44(4)36-47(7)59(68)60(75-11)58(67)46(6)35-42(2)24-17-15-18-25-43(3)55(73-9)39-51-31-29-48(8)64(72,79-51)61(69)62(70)66-33-22-21-28-53(66)63(71)78-56/h1,15-20,24-27,36,42,44-46,48,50-51,53-57,59-60,68,72H,13-14,21-23,28-35,37-41H2,2-11H3/b18-15+,24-17+,43-25+,47-36+,65-52-/t42-,44-,45-,46-,48-,50+,51+,53+,54-,55+,56+,57-,59-,60+,64-/m1/s1. The summed E-state index contributed by atoms with van der Waals surface area (Å²) in [7, 11) is 4.73. The summed E-state index contributed by atoms with van der Waals surface area (Å²) < 4.78 is 36.9. The van der Waals surface area contributed by atoms with Crippen LogP contribution in [0, 0.1) is 47.9 Å². The van der Waals surface area contributed by atoms with Crippen molar-refractivity contribution in [1.82, 2.24) is 4.90 Å². The summed E-state index contributed by atoms with van der Waals surface area (Å²) in [5.41, 5.74) is 2.79. The third-order valence-corrected chi connectivity index (χ3v) is 16.8. The zero-order valence-electron chi connectivity index (χ0n) is 49.0. The molecule has 15 atom stereocenters. The molecule has 0 unspecified atom stereocenters. The molecule has 1 saturated carbocycles. The first-order valence-electron chi connectivity index (χ1n) is 29.1. The first-order chi connectivity index (χ1) is 37.8. The van der Waals surface area contributed by atoms with Crippen molar-refractivity contribution < 1.29 is 62.6 Å². The van der Waals surface area contributed by atoms with Crippen LogP contribution in [0.15, 0.2) is 83.1 Å². The molecule has 1 aromatic carbocycles. The summed E-state index contributed by atoms with van der Waals surface area (Å²) in [6.45, 7) is 14.1. The lowest BCUT2D eigenvalue weighted by Crippen LogP contribution is -2.61. The molecule has 3 heterocycles. The number of aliphatic hydroxyl groups excluding tert-OH is 1. The first kappa shape index (κ1) is 65.0. The molecule has 3 aliphatic heterocycles. The molecule has 1 aliphatic carbocycles. The molecule has 15 heteroatoms. The number of terminal acetylenes is 1. The van der Waals surface area contributed by atoms with Gasteiger partial charge in [-0.3, -0.25) is 14.4 Å². The van der Waals surface area contributed by atoms with Crippen LogP contribution in [0.5, 0.6) is 0 Å². The number of ether oxygens (including phenoxy) is 6. The summed E-state index contributed by atoms with van der Waals surface area (Å²) in [5.74, 6) is -4.44. The van der Waals surface area contributed by atoms with Gasteiger partial charge in [0.15, 0.2) is 5.78 Å². The van der Waals surface area contributed by atoms with E-state index in [-0.39, 0.29) is 61.7 Å². The van der Waals surface area contributed by atoms with Gasteiger partial charge in [0.2, 0.25) is 5.79 Å². The number of cyclic esters (lactones) is 1. The zero-order valence-corrected chi connectivity index (χ0v) is 49.0. The van der Waals surface area contributed by atoms with Crippen molar-refractivity contribution in [1.29, 1.82) is 0 Å². The lowest BCUT2D eigenvalue weighted by molar-refractivity contribution is -0.265. The molecular formula is C64H94N2O13. The van der Waals surface area contributed by atoms with Crippen LogP contribution in [0.2, 0.25) is 0 Å². The second kappa shape index (κ2) is 32.6. The Morgan fingerprint density at radius 1 is 0.873 bits per heavy atom. The molecule has 2 saturated heterocycles. The molecule has 3 fully saturated rings. The van der Waals surface area contributed by atoms with Gasteiger partial charge < -0.3 is 48.4 Å². The normalized spacial score (nSPS) is 35.7. The fraction of sp³-hybridized carbons (Fsp3) is 0.672. The topological polar surface area (TPSA) is 189 Å². The minimum absolute atomic E-state index is 0.0204. The van der Waals surface area contributed by atoms with E-state index in [2.05, 4.69) is 5.92 Å². The first-order valence-corrected chi connectivity index (χ1v) is 29.1. The second-order valence-corrected chi connectivity index (χ2v) is 23.0. The van der Waals surface area contributed by atoms with Crippen LogP contribution in [-0.4, -0.2) is 133 Å². The molecule has 0 radical (unpaired) electrons. The number of nitrogens with zero attached hydrogens (tertiary/aromatic N) is 2. The van der Waals surface area contributed by atoms with Gasteiger partial charge in [0.05, 0.1) is 30.1 Å². The fourth-order valence-corrected chi connectivity index (χ4v) is 11.7. The predicted octanol–water partition coefficient (Wildman–Crippen LogP) is 10.0. The summed E-state index contributed by atoms with van der Waals surface area (Å²) in [5, 5.41) is 28.8. The molecular weight excluding hydrogens is 1000 g/mol. The Labute approximate surface area is 471 Å². The number of rotatable bonds is 14. The number of unbranched alkanes of at least 4 members (excludes halogenated alkanes) is 2. The SMILES string of the molecule is C#CCCCCO[C@@H]1CC[C@@H](C[C@@H](C)[C@@H]2C/C(=N/OCc3ccccc3)[C@H](C)/C=C(\C)[C@@H](O)[C@@H](OC)C(=O)[C@H](C)C[C@H](C)/C=C/C=C/C=C(\C)[C@@H](OC)C[C@@H]3CC[C@@H](C)[C@@](O)(O3)C(=O)C(=O)N3CCCC[C@H]3C(=O)O2)C[C@H]1OC. The highest BCUT2D eigenvalue weighted by molar-refractivity contribution is 6.39. The molecule has 15 nitrogen and oxygen atoms in total. The number of carbonyl (C=O) groups excluding carboxylic acids is 4. The second-order valence-electron chi connectivity index (χ2n) is 23.0. The Hall–Kier alpha value is -4.79. The van der Waals surface area contributed by atoms with E-state index in [1.807, 2.05) is 101 Å². The van der Waals surface area contributed by atoms with E-state index < -0.39 is 77.8 Å². The van der Waals surface area contributed by atoms with Gasteiger partial charge in [-0.15, -0.1) is 12.3 Å². The number of allylic oxidation sites excluding steroid dienone is 6. The average molecular weight is 1100 g/mol.